The fourth-order valence-corrected chi connectivity index (χ4v) is 3.75. The number of aromatic nitrogens is 1. The van der Waals surface area contributed by atoms with Crippen molar-refractivity contribution in [1.29, 1.82) is 0 Å². The molecule has 0 fully saturated rings. The third-order valence-corrected chi connectivity index (χ3v) is 4.66. The molecule has 1 aliphatic carbocycles. The molecule has 1 unspecified atom stereocenters. The summed E-state index contributed by atoms with van der Waals surface area (Å²) in [5.74, 6) is 0.899. The van der Waals surface area contributed by atoms with Gasteiger partial charge in [0, 0.05) is 17.3 Å². The number of methoxy groups -OCH3 is 1. The van der Waals surface area contributed by atoms with Gasteiger partial charge in [-0.05, 0) is 37.0 Å². The highest BCUT2D eigenvalue weighted by Crippen LogP contribution is 2.32. The number of hydrogen-bond acceptors (Lipinski definition) is 4. The number of thiazole rings is 1. The van der Waals surface area contributed by atoms with Crippen LogP contribution in [0.3, 0.4) is 0 Å². The highest BCUT2D eigenvalue weighted by atomic mass is 32.1. The number of nitrogens with zero attached hydrogens (tertiary/aromatic N) is 1. The SMILES string of the molecule is COc1cccc(Cc2nc3c(s2)CCCC3N)c1. The van der Waals surface area contributed by atoms with Gasteiger partial charge in [-0.3, -0.25) is 0 Å². The molecule has 1 heterocycles. The Kier molecular flexibility index (Phi) is 3.53. The number of fused-ring (bicyclic) bond motifs is 1. The number of hydrogen-bond donors (Lipinski definition) is 1. The number of rotatable bonds is 3. The predicted molar refractivity (Wildman–Crippen MR) is 77.8 cm³/mol. The first kappa shape index (κ1) is 12.6. The fraction of sp³-hybridized carbons (Fsp3) is 0.400. The van der Waals surface area contributed by atoms with Crippen molar-refractivity contribution < 1.29 is 4.74 Å². The molecule has 0 saturated heterocycles. The van der Waals surface area contributed by atoms with Crippen molar-refractivity contribution in [3.05, 3.63) is 45.4 Å². The zero-order valence-electron chi connectivity index (χ0n) is 11.1. The van der Waals surface area contributed by atoms with E-state index in [2.05, 4.69) is 12.1 Å². The third-order valence-electron chi connectivity index (χ3n) is 3.53. The molecule has 100 valence electrons. The van der Waals surface area contributed by atoms with Crippen molar-refractivity contribution in [2.45, 2.75) is 31.7 Å². The first-order valence-electron chi connectivity index (χ1n) is 6.63. The number of aryl methyl sites for hydroxylation is 1. The van der Waals surface area contributed by atoms with Crippen LogP contribution in [0.25, 0.3) is 0 Å². The molecule has 0 bridgehead atoms. The van der Waals surface area contributed by atoms with Gasteiger partial charge in [0.25, 0.3) is 0 Å². The smallest absolute Gasteiger partial charge is 0.119 e. The van der Waals surface area contributed by atoms with Crippen LogP contribution in [0.15, 0.2) is 24.3 Å². The normalized spacial score (nSPS) is 18.1. The Labute approximate surface area is 117 Å². The molecule has 0 spiro atoms. The van der Waals surface area contributed by atoms with E-state index in [-0.39, 0.29) is 6.04 Å². The average molecular weight is 274 g/mol. The van der Waals surface area contributed by atoms with Crippen LogP contribution in [-0.4, -0.2) is 12.1 Å². The van der Waals surface area contributed by atoms with Gasteiger partial charge in [0.15, 0.2) is 0 Å². The van der Waals surface area contributed by atoms with Crippen molar-refractivity contribution in [3.8, 4) is 5.75 Å². The molecule has 0 radical (unpaired) electrons. The second-order valence-electron chi connectivity index (χ2n) is 4.94. The average Bonchev–Trinajstić information content (AvgIpc) is 2.83. The second-order valence-corrected chi connectivity index (χ2v) is 6.11. The van der Waals surface area contributed by atoms with E-state index in [1.807, 2.05) is 23.5 Å². The zero-order chi connectivity index (χ0) is 13.2. The maximum Gasteiger partial charge on any atom is 0.119 e. The van der Waals surface area contributed by atoms with Crippen molar-refractivity contribution >= 4 is 11.3 Å². The van der Waals surface area contributed by atoms with Crippen LogP contribution in [0.5, 0.6) is 5.75 Å². The van der Waals surface area contributed by atoms with E-state index in [1.54, 1.807) is 7.11 Å². The molecule has 4 heteroatoms. The van der Waals surface area contributed by atoms with Gasteiger partial charge < -0.3 is 10.5 Å². The molecule has 3 nitrogen and oxygen atoms in total. The molecule has 1 aliphatic rings. The quantitative estimate of drug-likeness (QED) is 0.935. The standard InChI is InChI=1S/C15H18N2OS/c1-18-11-5-2-4-10(8-11)9-14-17-15-12(16)6-3-7-13(15)19-14/h2,4-5,8,12H,3,6-7,9,16H2,1H3. The Hall–Kier alpha value is -1.39. The van der Waals surface area contributed by atoms with Crippen molar-refractivity contribution in [2.24, 2.45) is 5.73 Å². The van der Waals surface area contributed by atoms with E-state index >= 15 is 0 Å². The van der Waals surface area contributed by atoms with E-state index < -0.39 is 0 Å². The third kappa shape index (κ3) is 2.65. The summed E-state index contributed by atoms with van der Waals surface area (Å²) in [6.07, 6.45) is 4.25. The number of ether oxygens (including phenoxy) is 1. The first-order chi connectivity index (χ1) is 9.26. The van der Waals surface area contributed by atoms with Crippen molar-refractivity contribution in [2.75, 3.05) is 7.11 Å². The van der Waals surface area contributed by atoms with Crippen LogP contribution in [0, 0.1) is 0 Å². The van der Waals surface area contributed by atoms with Gasteiger partial charge in [-0.15, -0.1) is 11.3 Å². The first-order valence-corrected chi connectivity index (χ1v) is 7.45. The molecule has 0 amide bonds. The summed E-state index contributed by atoms with van der Waals surface area (Å²) >= 11 is 1.82. The second kappa shape index (κ2) is 5.31. The van der Waals surface area contributed by atoms with E-state index in [9.17, 15) is 0 Å². The van der Waals surface area contributed by atoms with Gasteiger partial charge in [-0.2, -0.15) is 0 Å². The lowest BCUT2D eigenvalue weighted by atomic mass is 9.99. The monoisotopic (exact) mass is 274 g/mol. The molecule has 1 aromatic heterocycles. The number of benzene rings is 1. The summed E-state index contributed by atoms with van der Waals surface area (Å²) in [6.45, 7) is 0. The Morgan fingerprint density at radius 3 is 3.16 bits per heavy atom. The lowest BCUT2D eigenvalue weighted by Crippen LogP contribution is -2.16. The van der Waals surface area contributed by atoms with Gasteiger partial charge in [0.2, 0.25) is 0 Å². The van der Waals surface area contributed by atoms with E-state index in [1.165, 1.54) is 16.9 Å². The minimum Gasteiger partial charge on any atom is -0.497 e. The van der Waals surface area contributed by atoms with Crippen LogP contribution in [-0.2, 0) is 12.8 Å². The molecular formula is C15H18N2OS. The maximum atomic E-state index is 6.12. The van der Waals surface area contributed by atoms with Gasteiger partial charge in [-0.1, -0.05) is 12.1 Å². The predicted octanol–water partition coefficient (Wildman–Crippen LogP) is 3.08. The lowest BCUT2D eigenvalue weighted by Gasteiger charge is -2.15. The summed E-state index contributed by atoms with van der Waals surface area (Å²) in [5.41, 5.74) is 8.49. The van der Waals surface area contributed by atoms with Crippen LogP contribution in [0.4, 0.5) is 0 Å². The summed E-state index contributed by atoms with van der Waals surface area (Å²) in [5, 5.41) is 1.16. The molecule has 2 N–H and O–H groups in total. The number of nitrogens with two attached hydrogens (primary N) is 1. The molecule has 2 aromatic rings. The summed E-state index contributed by atoms with van der Waals surface area (Å²) in [7, 11) is 1.69. The maximum absolute atomic E-state index is 6.12. The van der Waals surface area contributed by atoms with Gasteiger partial charge in [0.1, 0.15) is 5.75 Å². The summed E-state index contributed by atoms with van der Waals surface area (Å²) in [4.78, 5) is 6.12. The minimum absolute atomic E-state index is 0.138. The van der Waals surface area contributed by atoms with Gasteiger partial charge in [-0.25, -0.2) is 4.98 Å². The Balaban J connectivity index is 1.83. The molecule has 1 aromatic carbocycles. The Morgan fingerprint density at radius 2 is 2.37 bits per heavy atom. The highest BCUT2D eigenvalue weighted by Gasteiger charge is 2.21. The van der Waals surface area contributed by atoms with E-state index in [4.69, 9.17) is 15.5 Å². The molecule has 0 aliphatic heterocycles. The fourth-order valence-electron chi connectivity index (χ4n) is 2.53. The molecule has 19 heavy (non-hydrogen) atoms. The van der Waals surface area contributed by atoms with Crippen molar-refractivity contribution in [1.82, 2.24) is 4.98 Å². The topological polar surface area (TPSA) is 48.1 Å². The molecule has 3 rings (SSSR count). The Bertz CT molecular complexity index is 579. The largest absolute Gasteiger partial charge is 0.497 e. The van der Waals surface area contributed by atoms with Gasteiger partial charge >= 0.3 is 0 Å². The summed E-state index contributed by atoms with van der Waals surface area (Å²) in [6, 6.07) is 8.31. The lowest BCUT2D eigenvalue weighted by molar-refractivity contribution is 0.414. The zero-order valence-corrected chi connectivity index (χ0v) is 11.9. The summed E-state index contributed by atoms with van der Waals surface area (Å²) < 4.78 is 5.25. The Morgan fingerprint density at radius 1 is 1.47 bits per heavy atom. The highest BCUT2D eigenvalue weighted by molar-refractivity contribution is 7.11. The van der Waals surface area contributed by atoms with Crippen LogP contribution < -0.4 is 10.5 Å². The molecular weight excluding hydrogens is 256 g/mol. The van der Waals surface area contributed by atoms with E-state index in [0.717, 1.165) is 35.7 Å². The van der Waals surface area contributed by atoms with Crippen LogP contribution >= 0.6 is 11.3 Å². The molecule has 1 atom stereocenters. The molecule has 0 saturated carbocycles. The van der Waals surface area contributed by atoms with Crippen LogP contribution in [0.1, 0.15) is 40.0 Å². The van der Waals surface area contributed by atoms with E-state index in [0.29, 0.717) is 0 Å². The van der Waals surface area contributed by atoms with Crippen molar-refractivity contribution in [3.63, 3.8) is 0 Å². The van der Waals surface area contributed by atoms with Gasteiger partial charge in [0.05, 0.1) is 17.8 Å². The van der Waals surface area contributed by atoms with Crippen LogP contribution in [0.2, 0.25) is 0 Å². The minimum atomic E-state index is 0.138.